The molecule has 2 aromatic carbocycles. The van der Waals surface area contributed by atoms with Crippen LogP contribution in [-0.4, -0.2) is 37.8 Å². The molecule has 0 saturated carbocycles. The van der Waals surface area contributed by atoms with Crippen molar-refractivity contribution in [2.75, 3.05) is 7.05 Å². The molecular weight excluding hydrogens is 326 g/mol. The number of benzene rings is 2. The molecular formula is C20H19N5O. The molecule has 0 aliphatic carbocycles. The number of pyridine rings is 1. The fraction of sp³-hybridized carbons (Fsp3) is 0.200. The van der Waals surface area contributed by atoms with Gasteiger partial charge in [0.2, 0.25) is 5.91 Å². The Bertz CT molecular complexity index is 1070. The van der Waals surface area contributed by atoms with Gasteiger partial charge in [-0.3, -0.25) is 9.78 Å². The first-order chi connectivity index (χ1) is 12.7. The molecule has 2 aromatic heterocycles. The number of fused-ring (bicyclic) bond motifs is 2. The number of carbonyl (C=O) groups excluding carboxylic acids is 1. The largest absolute Gasteiger partial charge is 0.341 e. The van der Waals surface area contributed by atoms with Crippen LogP contribution in [0.1, 0.15) is 12.0 Å². The fourth-order valence-electron chi connectivity index (χ4n) is 3.12. The average molecular weight is 345 g/mol. The minimum atomic E-state index is 0.0745. The molecule has 130 valence electrons. The summed E-state index contributed by atoms with van der Waals surface area (Å²) in [7, 11) is 1.83. The van der Waals surface area contributed by atoms with E-state index in [2.05, 4.69) is 15.3 Å². The number of aromatic nitrogens is 4. The molecule has 6 heteroatoms. The highest BCUT2D eigenvalue weighted by Crippen LogP contribution is 2.18. The van der Waals surface area contributed by atoms with Gasteiger partial charge < -0.3 is 4.90 Å². The first-order valence-corrected chi connectivity index (χ1v) is 8.57. The van der Waals surface area contributed by atoms with Gasteiger partial charge in [-0.25, -0.2) is 4.68 Å². The lowest BCUT2D eigenvalue weighted by molar-refractivity contribution is -0.130. The second-order valence-electron chi connectivity index (χ2n) is 6.29. The number of rotatable bonds is 5. The molecule has 0 N–H and O–H groups in total. The molecule has 0 saturated heterocycles. The normalized spacial score (nSPS) is 11.1. The van der Waals surface area contributed by atoms with Gasteiger partial charge in [0.1, 0.15) is 5.52 Å². The second-order valence-corrected chi connectivity index (χ2v) is 6.29. The van der Waals surface area contributed by atoms with Crippen molar-refractivity contribution in [3.05, 3.63) is 66.4 Å². The lowest BCUT2D eigenvalue weighted by atomic mass is 10.1. The van der Waals surface area contributed by atoms with Crippen molar-refractivity contribution in [1.29, 1.82) is 0 Å². The Hall–Kier alpha value is -3.28. The van der Waals surface area contributed by atoms with Crippen LogP contribution < -0.4 is 0 Å². The summed E-state index contributed by atoms with van der Waals surface area (Å²) in [5, 5.41) is 9.34. The SMILES string of the molecule is CN(Cc1cccc2ncccc12)C(=O)CCn1nnc2ccccc21. The van der Waals surface area contributed by atoms with Crippen molar-refractivity contribution in [2.24, 2.45) is 0 Å². The number of amides is 1. The van der Waals surface area contributed by atoms with E-state index in [1.54, 1.807) is 15.8 Å². The molecule has 4 rings (SSSR count). The fourth-order valence-corrected chi connectivity index (χ4v) is 3.12. The van der Waals surface area contributed by atoms with Gasteiger partial charge in [-0.05, 0) is 29.8 Å². The average Bonchev–Trinajstić information content (AvgIpc) is 3.09. The Balaban J connectivity index is 1.44. The van der Waals surface area contributed by atoms with E-state index in [-0.39, 0.29) is 5.91 Å². The Morgan fingerprint density at radius 1 is 1.04 bits per heavy atom. The Labute approximate surface area is 151 Å². The van der Waals surface area contributed by atoms with Gasteiger partial charge in [0.15, 0.2) is 0 Å². The van der Waals surface area contributed by atoms with E-state index in [9.17, 15) is 4.79 Å². The smallest absolute Gasteiger partial charge is 0.224 e. The van der Waals surface area contributed by atoms with Gasteiger partial charge >= 0.3 is 0 Å². The van der Waals surface area contributed by atoms with Crippen LogP contribution in [0.4, 0.5) is 0 Å². The van der Waals surface area contributed by atoms with Crippen LogP contribution in [0.25, 0.3) is 21.9 Å². The number of hydrogen-bond acceptors (Lipinski definition) is 4. The number of nitrogens with zero attached hydrogens (tertiary/aromatic N) is 5. The van der Waals surface area contributed by atoms with E-state index < -0.39 is 0 Å². The molecule has 0 aliphatic rings. The molecule has 0 radical (unpaired) electrons. The monoisotopic (exact) mass is 345 g/mol. The summed E-state index contributed by atoms with van der Waals surface area (Å²) in [5.41, 5.74) is 3.83. The zero-order chi connectivity index (χ0) is 17.9. The molecule has 0 aliphatic heterocycles. The van der Waals surface area contributed by atoms with Crippen molar-refractivity contribution >= 4 is 27.8 Å². The van der Waals surface area contributed by atoms with Crippen LogP contribution in [-0.2, 0) is 17.9 Å². The van der Waals surface area contributed by atoms with Gasteiger partial charge in [0.25, 0.3) is 0 Å². The molecule has 26 heavy (non-hydrogen) atoms. The van der Waals surface area contributed by atoms with Crippen molar-refractivity contribution in [1.82, 2.24) is 24.9 Å². The first-order valence-electron chi connectivity index (χ1n) is 8.57. The van der Waals surface area contributed by atoms with Crippen LogP contribution in [0.5, 0.6) is 0 Å². The van der Waals surface area contributed by atoms with Crippen LogP contribution in [0.2, 0.25) is 0 Å². The predicted molar refractivity (Wildman–Crippen MR) is 100 cm³/mol. The van der Waals surface area contributed by atoms with E-state index in [1.165, 1.54) is 0 Å². The van der Waals surface area contributed by atoms with E-state index >= 15 is 0 Å². The van der Waals surface area contributed by atoms with Crippen molar-refractivity contribution in [2.45, 2.75) is 19.5 Å². The van der Waals surface area contributed by atoms with Gasteiger partial charge in [-0.1, -0.05) is 35.5 Å². The van der Waals surface area contributed by atoms with Crippen LogP contribution in [0.3, 0.4) is 0 Å². The lowest BCUT2D eigenvalue weighted by Crippen LogP contribution is -2.27. The van der Waals surface area contributed by atoms with E-state index in [4.69, 9.17) is 0 Å². The second kappa shape index (κ2) is 6.92. The molecule has 4 aromatic rings. The molecule has 0 spiro atoms. The van der Waals surface area contributed by atoms with E-state index in [0.29, 0.717) is 19.5 Å². The Morgan fingerprint density at radius 3 is 2.81 bits per heavy atom. The summed E-state index contributed by atoms with van der Waals surface area (Å²) in [6.07, 6.45) is 2.16. The summed E-state index contributed by atoms with van der Waals surface area (Å²) in [5.74, 6) is 0.0745. The molecule has 0 unspecified atom stereocenters. The van der Waals surface area contributed by atoms with Gasteiger partial charge in [-0.2, -0.15) is 0 Å². The van der Waals surface area contributed by atoms with E-state index in [0.717, 1.165) is 27.5 Å². The summed E-state index contributed by atoms with van der Waals surface area (Å²) in [4.78, 5) is 18.7. The molecule has 6 nitrogen and oxygen atoms in total. The van der Waals surface area contributed by atoms with Gasteiger partial charge in [0, 0.05) is 31.6 Å². The van der Waals surface area contributed by atoms with Crippen molar-refractivity contribution < 1.29 is 4.79 Å². The lowest BCUT2D eigenvalue weighted by Gasteiger charge is -2.18. The Morgan fingerprint density at radius 2 is 1.88 bits per heavy atom. The van der Waals surface area contributed by atoms with Gasteiger partial charge in [0.05, 0.1) is 17.6 Å². The molecule has 2 heterocycles. The third kappa shape index (κ3) is 3.13. The zero-order valence-corrected chi connectivity index (χ0v) is 14.5. The maximum absolute atomic E-state index is 12.6. The maximum atomic E-state index is 12.6. The highest BCUT2D eigenvalue weighted by molar-refractivity contribution is 5.83. The molecule has 1 amide bonds. The number of carbonyl (C=O) groups is 1. The Kier molecular flexibility index (Phi) is 4.31. The topological polar surface area (TPSA) is 63.9 Å². The minimum absolute atomic E-state index is 0.0745. The van der Waals surface area contributed by atoms with E-state index in [1.807, 2.05) is 61.6 Å². The number of aryl methyl sites for hydroxylation is 1. The van der Waals surface area contributed by atoms with Crippen LogP contribution >= 0.6 is 0 Å². The molecule has 0 atom stereocenters. The minimum Gasteiger partial charge on any atom is -0.341 e. The highest BCUT2D eigenvalue weighted by Gasteiger charge is 2.12. The zero-order valence-electron chi connectivity index (χ0n) is 14.5. The summed E-state index contributed by atoms with van der Waals surface area (Å²) < 4.78 is 1.78. The maximum Gasteiger partial charge on any atom is 0.224 e. The molecule has 0 fully saturated rings. The number of hydrogen-bond donors (Lipinski definition) is 0. The van der Waals surface area contributed by atoms with Crippen molar-refractivity contribution in [3.8, 4) is 0 Å². The first kappa shape index (κ1) is 16.2. The highest BCUT2D eigenvalue weighted by atomic mass is 16.2. The van der Waals surface area contributed by atoms with Gasteiger partial charge in [-0.15, -0.1) is 5.10 Å². The third-order valence-electron chi connectivity index (χ3n) is 4.53. The molecule has 0 bridgehead atoms. The van der Waals surface area contributed by atoms with Crippen LogP contribution in [0.15, 0.2) is 60.8 Å². The summed E-state index contributed by atoms with van der Waals surface area (Å²) in [6.45, 7) is 1.07. The van der Waals surface area contributed by atoms with Crippen molar-refractivity contribution in [3.63, 3.8) is 0 Å². The van der Waals surface area contributed by atoms with Crippen LogP contribution in [0, 0.1) is 0 Å². The number of para-hydroxylation sites is 1. The third-order valence-corrected chi connectivity index (χ3v) is 4.53. The predicted octanol–water partition coefficient (Wildman–Crippen LogP) is 3.03. The summed E-state index contributed by atoms with van der Waals surface area (Å²) in [6, 6.07) is 17.7. The standard InChI is InChI=1S/C20H19N5O/c1-24(14-15-6-4-9-17-16(15)7-5-12-21-17)20(26)11-13-25-19-10-3-2-8-18(19)22-23-25/h2-10,12H,11,13-14H2,1H3. The quantitative estimate of drug-likeness (QED) is 0.558. The summed E-state index contributed by atoms with van der Waals surface area (Å²) >= 11 is 0.